The monoisotopic (exact) mass is 376 g/mol. The van der Waals surface area contributed by atoms with Crippen molar-refractivity contribution >= 4 is 31.9 Å². The molecule has 1 aromatic carbocycles. The van der Waals surface area contributed by atoms with Gasteiger partial charge in [0.2, 0.25) is 15.9 Å². The van der Waals surface area contributed by atoms with Crippen LogP contribution in [0, 0.1) is 0 Å². The molecule has 1 N–H and O–H groups in total. The molecule has 0 bridgehead atoms. The Morgan fingerprint density at radius 2 is 1.86 bits per heavy atom. The first-order chi connectivity index (χ1) is 9.81. The molecular formula is C14H21BrN2O3S. The van der Waals surface area contributed by atoms with Crippen LogP contribution in [0.3, 0.4) is 0 Å². The molecule has 0 heterocycles. The Morgan fingerprint density at radius 1 is 1.29 bits per heavy atom. The van der Waals surface area contributed by atoms with Crippen LogP contribution in [-0.2, 0) is 20.1 Å². The molecule has 0 aliphatic heterocycles. The molecule has 118 valence electrons. The van der Waals surface area contributed by atoms with Crippen molar-refractivity contribution in [2.45, 2.75) is 37.0 Å². The average Bonchev–Trinajstić information content (AvgIpc) is 2.43. The van der Waals surface area contributed by atoms with Crippen LogP contribution in [0.5, 0.6) is 0 Å². The maximum Gasteiger partial charge on any atom is 0.243 e. The molecule has 7 heteroatoms. The van der Waals surface area contributed by atoms with E-state index in [1.807, 2.05) is 13.8 Å². The van der Waals surface area contributed by atoms with Crippen molar-refractivity contribution < 1.29 is 13.2 Å². The lowest BCUT2D eigenvalue weighted by Crippen LogP contribution is -2.42. The fourth-order valence-corrected chi connectivity index (χ4v) is 3.57. The standard InChI is InChI=1S/C14H21BrN2O3S/c1-4-17(10-14(18)16-11(2)3)21(19,20)13-7-5-12(9-15)6-8-13/h5-8,11H,4,9-10H2,1-3H3,(H,16,18). The number of alkyl halides is 1. The fourth-order valence-electron chi connectivity index (χ4n) is 1.79. The average molecular weight is 377 g/mol. The van der Waals surface area contributed by atoms with Crippen LogP contribution in [0.25, 0.3) is 0 Å². The topological polar surface area (TPSA) is 66.5 Å². The molecule has 0 aliphatic rings. The van der Waals surface area contributed by atoms with E-state index in [2.05, 4.69) is 21.2 Å². The van der Waals surface area contributed by atoms with Crippen LogP contribution >= 0.6 is 15.9 Å². The van der Waals surface area contributed by atoms with E-state index in [1.54, 1.807) is 31.2 Å². The van der Waals surface area contributed by atoms with Gasteiger partial charge in [-0.3, -0.25) is 4.79 Å². The number of sulfonamides is 1. The first-order valence-corrected chi connectivity index (χ1v) is 9.31. The predicted molar refractivity (Wildman–Crippen MR) is 86.8 cm³/mol. The second-order valence-electron chi connectivity index (χ2n) is 4.93. The number of carbonyl (C=O) groups excluding carboxylic acids is 1. The summed E-state index contributed by atoms with van der Waals surface area (Å²) in [6, 6.07) is 6.62. The van der Waals surface area contributed by atoms with Crippen molar-refractivity contribution in [3.63, 3.8) is 0 Å². The summed E-state index contributed by atoms with van der Waals surface area (Å²) < 4.78 is 26.2. The Bertz CT molecular complexity index is 570. The Hall–Kier alpha value is -0.920. The molecule has 5 nitrogen and oxygen atoms in total. The van der Waals surface area contributed by atoms with Gasteiger partial charge in [0.15, 0.2) is 0 Å². The summed E-state index contributed by atoms with van der Waals surface area (Å²) in [5.74, 6) is -0.299. The van der Waals surface area contributed by atoms with E-state index in [4.69, 9.17) is 0 Å². The quantitative estimate of drug-likeness (QED) is 0.741. The lowest BCUT2D eigenvalue weighted by Gasteiger charge is -2.21. The predicted octanol–water partition coefficient (Wildman–Crippen LogP) is 2.12. The second-order valence-corrected chi connectivity index (χ2v) is 7.43. The van der Waals surface area contributed by atoms with E-state index in [1.165, 1.54) is 4.31 Å². The zero-order valence-electron chi connectivity index (χ0n) is 12.5. The molecule has 1 amide bonds. The van der Waals surface area contributed by atoms with Crippen molar-refractivity contribution in [1.82, 2.24) is 9.62 Å². The van der Waals surface area contributed by atoms with E-state index in [0.717, 1.165) is 5.56 Å². The number of hydrogen-bond donors (Lipinski definition) is 1. The van der Waals surface area contributed by atoms with Gasteiger partial charge in [0.05, 0.1) is 11.4 Å². The SMILES string of the molecule is CCN(CC(=O)NC(C)C)S(=O)(=O)c1ccc(CBr)cc1. The summed E-state index contributed by atoms with van der Waals surface area (Å²) in [5, 5.41) is 3.37. The largest absolute Gasteiger partial charge is 0.353 e. The van der Waals surface area contributed by atoms with Gasteiger partial charge in [0.1, 0.15) is 0 Å². The highest BCUT2D eigenvalue weighted by atomic mass is 79.9. The van der Waals surface area contributed by atoms with Crippen molar-refractivity contribution in [2.24, 2.45) is 0 Å². The number of likely N-dealkylation sites (N-methyl/N-ethyl adjacent to an activating group) is 1. The van der Waals surface area contributed by atoms with Gasteiger partial charge in [-0.05, 0) is 31.5 Å². The molecule has 1 rings (SSSR count). The molecule has 0 spiro atoms. The van der Waals surface area contributed by atoms with Crippen LogP contribution in [0.1, 0.15) is 26.3 Å². The summed E-state index contributed by atoms with van der Waals surface area (Å²) in [6.45, 7) is 5.46. The molecule has 0 saturated heterocycles. The van der Waals surface area contributed by atoms with Crippen LogP contribution in [0.4, 0.5) is 0 Å². The van der Waals surface area contributed by atoms with Crippen LogP contribution in [-0.4, -0.2) is 37.8 Å². The minimum absolute atomic E-state index is 0.0166. The number of nitrogens with one attached hydrogen (secondary N) is 1. The second kappa shape index (κ2) is 7.91. The third-order valence-corrected chi connectivity index (χ3v) is 5.42. The summed E-state index contributed by atoms with van der Waals surface area (Å²) >= 11 is 3.32. The highest BCUT2D eigenvalue weighted by Gasteiger charge is 2.25. The molecule has 0 saturated carbocycles. The minimum Gasteiger partial charge on any atom is -0.353 e. The van der Waals surface area contributed by atoms with Gasteiger partial charge in [-0.2, -0.15) is 4.31 Å². The Kier molecular flexibility index (Phi) is 6.83. The summed E-state index contributed by atoms with van der Waals surface area (Å²) in [6.07, 6.45) is 0. The number of carbonyl (C=O) groups is 1. The van der Waals surface area contributed by atoms with Gasteiger partial charge in [0, 0.05) is 17.9 Å². The van der Waals surface area contributed by atoms with Gasteiger partial charge in [0.25, 0.3) is 0 Å². The normalized spacial score (nSPS) is 11.9. The minimum atomic E-state index is -3.65. The third-order valence-electron chi connectivity index (χ3n) is 2.84. The summed E-state index contributed by atoms with van der Waals surface area (Å²) in [4.78, 5) is 12.0. The molecule has 0 radical (unpaired) electrons. The van der Waals surface area contributed by atoms with Crippen molar-refractivity contribution in [2.75, 3.05) is 13.1 Å². The van der Waals surface area contributed by atoms with Gasteiger partial charge in [-0.25, -0.2) is 8.42 Å². The Labute approximate surface area is 134 Å². The molecule has 21 heavy (non-hydrogen) atoms. The van der Waals surface area contributed by atoms with Gasteiger partial charge in [-0.15, -0.1) is 0 Å². The van der Waals surface area contributed by atoms with E-state index in [9.17, 15) is 13.2 Å². The smallest absolute Gasteiger partial charge is 0.243 e. The molecule has 0 fully saturated rings. The molecule has 1 aromatic rings. The Morgan fingerprint density at radius 3 is 2.29 bits per heavy atom. The number of amides is 1. The van der Waals surface area contributed by atoms with Crippen molar-refractivity contribution in [3.8, 4) is 0 Å². The first kappa shape index (κ1) is 18.1. The van der Waals surface area contributed by atoms with Gasteiger partial charge in [-0.1, -0.05) is 35.0 Å². The zero-order chi connectivity index (χ0) is 16.0. The van der Waals surface area contributed by atoms with E-state index >= 15 is 0 Å². The summed E-state index contributed by atoms with van der Waals surface area (Å²) in [7, 11) is -3.65. The molecule has 0 aromatic heterocycles. The molecular weight excluding hydrogens is 356 g/mol. The number of benzene rings is 1. The number of nitrogens with zero attached hydrogens (tertiary/aromatic N) is 1. The van der Waals surface area contributed by atoms with E-state index in [-0.39, 0.29) is 29.9 Å². The van der Waals surface area contributed by atoms with Crippen molar-refractivity contribution in [3.05, 3.63) is 29.8 Å². The van der Waals surface area contributed by atoms with E-state index in [0.29, 0.717) is 5.33 Å². The summed E-state index contributed by atoms with van der Waals surface area (Å²) in [5.41, 5.74) is 0.995. The van der Waals surface area contributed by atoms with Crippen LogP contribution < -0.4 is 5.32 Å². The first-order valence-electron chi connectivity index (χ1n) is 6.75. The third kappa shape index (κ3) is 5.09. The maximum absolute atomic E-state index is 12.5. The van der Waals surface area contributed by atoms with E-state index < -0.39 is 10.0 Å². The number of rotatable bonds is 7. The van der Waals surface area contributed by atoms with Crippen molar-refractivity contribution in [1.29, 1.82) is 0 Å². The number of halogens is 1. The maximum atomic E-state index is 12.5. The molecule has 0 aliphatic carbocycles. The molecule has 0 atom stereocenters. The zero-order valence-corrected chi connectivity index (χ0v) is 14.9. The highest BCUT2D eigenvalue weighted by Crippen LogP contribution is 2.17. The fraction of sp³-hybridized carbons (Fsp3) is 0.500. The molecule has 0 unspecified atom stereocenters. The van der Waals surface area contributed by atoms with Gasteiger partial charge >= 0.3 is 0 Å². The highest BCUT2D eigenvalue weighted by molar-refractivity contribution is 9.08. The van der Waals surface area contributed by atoms with Crippen LogP contribution in [0.2, 0.25) is 0 Å². The van der Waals surface area contributed by atoms with Gasteiger partial charge < -0.3 is 5.32 Å². The Balaban J connectivity index is 2.93. The van der Waals surface area contributed by atoms with Crippen LogP contribution in [0.15, 0.2) is 29.2 Å². The number of hydrogen-bond acceptors (Lipinski definition) is 3. The lowest BCUT2D eigenvalue weighted by atomic mass is 10.2. The lowest BCUT2D eigenvalue weighted by molar-refractivity contribution is -0.121.